The van der Waals surface area contributed by atoms with Gasteiger partial charge in [-0.05, 0) is 31.2 Å². The average Bonchev–Trinajstić information content (AvgIpc) is 3.02. The van der Waals surface area contributed by atoms with Gasteiger partial charge in [0.15, 0.2) is 5.78 Å². The van der Waals surface area contributed by atoms with Crippen molar-refractivity contribution in [3.63, 3.8) is 0 Å². The van der Waals surface area contributed by atoms with Gasteiger partial charge in [-0.2, -0.15) is 0 Å². The second-order valence-electron chi connectivity index (χ2n) is 4.20. The summed E-state index contributed by atoms with van der Waals surface area (Å²) in [6, 6.07) is 7.27. The van der Waals surface area contributed by atoms with Crippen molar-refractivity contribution in [1.82, 2.24) is 0 Å². The Bertz CT molecular complexity index is 615. The van der Waals surface area contributed by atoms with E-state index in [1.54, 1.807) is 12.1 Å². The summed E-state index contributed by atoms with van der Waals surface area (Å²) in [5.41, 5.74) is 0. The van der Waals surface area contributed by atoms with Gasteiger partial charge in [0.2, 0.25) is 0 Å². The van der Waals surface area contributed by atoms with E-state index in [4.69, 9.17) is 16.3 Å². The SMILES string of the molecule is Cc1ccc(C(=O)CCC(=O)OCc2ccc(Cl)s2)s1. The molecule has 0 atom stereocenters. The number of ketones is 1. The van der Waals surface area contributed by atoms with E-state index >= 15 is 0 Å². The lowest BCUT2D eigenvalue weighted by atomic mass is 10.2. The highest BCUT2D eigenvalue weighted by atomic mass is 35.5. The van der Waals surface area contributed by atoms with Crippen LogP contribution in [0.3, 0.4) is 0 Å². The lowest BCUT2D eigenvalue weighted by Crippen LogP contribution is -2.07. The first-order valence-electron chi connectivity index (χ1n) is 6.04. The summed E-state index contributed by atoms with van der Waals surface area (Å²) < 4.78 is 5.76. The Balaban J connectivity index is 1.73. The van der Waals surface area contributed by atoms with Gasteiger partial charge in [-0.3, -0.25) is 9.59 Å². The van der Waals surface area contributed by atoms with Gasteiger partial charge >= 0.3 is 5.97 Å². The minimum Gasteiger partial charge on any atom is -0.460 e. The number of rotatable bonds is 6. The summed E-state index contributed by atoms with van der Waals surface area (Å²) in [6.07, 6.45) is 0.291. The molecule has 0 unspecified atom stereocenters. The molecule has 2 aromatic rings. The molecule has 0 N–H and O–H groups in total. The lowest BCUT2D eigenvalue weighted by Gasteiger charge is -2.02. The Kier molecular flexibility index (Phi) is 5.34. The molecule has 6 heteroatoms. The van der Waals surface area contributed by atoms with Crippen molar-refractivity contribution in [2.24, 2.45) is 0 Å². The molecule has 2 aromatic heterocycles. The summed E-state index contributed by atoms with van der Waals surface area (Å²) >= 11 is 8.61. The molecule has 0 radical (unpaired) electrons. The van der Waals surface area contributed by atoms with Crippen LogP contribution in [0.5, 0.6) is 0 Å². The maximum atomic E-state index is 11.8. The predicted octanol–water partition coefficient (Wildman–Crippen LogP) is 4.48. The van der Waals surface area contributed by atoms with Gasteiger partial charge in [-0.1, -0.05) is 11.6 Å². The van der Waals surface area contributed by atoms with Crippen molar-refractivity contribution in [2.75, 3.05) is 0 Å². The standard InChI is InChI=1S/C14H13ClO3S2/c1-9-2-5-12(19-9)11(16)4-7-14(17)18-8-10-3-6-13(15)20-10/h2-3,5-6H,4,7-8H2,1H3. The molecular weight excluding hydrogens is 316 g/mol. The molecule has 2 heterocycles. The molecule has 0 bridgehead atoms. The van der Waals surface area contributed by atoms with Crippen LogP contribution in [0.15, 0.2) is 24.3 Å². The van der Waals surface area contributed by atoms with Crippen LogP contribution in [0.4, 0.5) is 0 Å². The molecular formula is C14H13ClO3S2. The zero-order valence-corrected chi connectivity index (χ0v) is 13.2. The van der Waals surface area contributed by atoms with Crippen LogP contribution in [0.25, 0.3) is 0 Å². The monoisotopic (exact) mass is 328 g/mol. The number of esters is 1. The topological polar surface area (TPSA) is 43.4 Å². The van der Waals surface area contributed by atoms with Gasteiger partial charge < -0.3 is 4.74 Å². The summed E-state index contributed by atoms with van der Waals surface area (Å²) in [4.78, 5) is 26.1. The maximum Gasteiger partial charge on any atom is 0.306 e. The van der Waals surface area contributed by atoms with E-state index in [2.05, 4.69) is 0 Å². The molecule has 0 fully saturated rings. The highest BCUT2D eigenvalue weighted by Gasteiger charge is 2.12. The summed E-state index contributed by atoms with van der Waals surface area (Å²) in [5, 5.41) is 0. The summed E-state index contributed by atoms with van der Waals surface area (Å²) in [5.74, 6) is -0.379. The smallest absolute Gasteiger partial charge is 0.306 e. The van der Waals surface area contributed by atoms with E-state index in [0.717, 1.165) is 9.75 Å². The highest BCUT2D eigenvalue weighted by molar-refractivity contribution is 7.16. The van der Waals surface area contributed by atoms with Crippen molar-refractivity contribution in [3.8, 4) is 0 Å². The third kappa shape index (κ3) is 4.44. The van der Waals surface area contributed by atoms with Crippen LogP contribution in [0, 0.1) is 6.92 Å². The van der Waals surface area contributed by atoms with E-state index in [1.165, 1.54) is 22.7 Å². The molecule has 20 heavy (non-hydrogen) atoms. The van der Waals surface area contributed by atoms with Gasteiger partial charge in [0.1, 0.15) is 6.61 Å². The van der Waals surface area contributed by atoms with Crippen LogP contribution in [-0.2, 0) is 16.1 Å². The zero-order valence-electron chi connectivity index (χ0n) is 10.8. The van der Waals surface area contributed by atoms with Gasteiger partial charge in [0, 0.05) is 16.2 Å². The van der Waals surface area contributed by atoms with Crippen molar-refractivity contribution >= 4 is 46.0 Å². The average molecular weight is 329 g/mol. The first-order valence-corrected chi connectivity index (χ1v) is 8.05. The van der Waals surface area contributed by atoms with E-state index < -0.39 is 0 Å². The quantitative estimate of drug-likeness (QED) is 0.580. The second-order valence-corrected chi connectivity index (χ2v) is 7.29. The normalized spacial score (nSPS) is 10.5. The summed E-state index contributed by atoms with van der Waals surface area (Å²) in [6.45, 7) is 2.16. The third-order valence-corrected chi connectivity index (χ3v) is 4.82. The molecule has 2 rings (SSSR count). The Labute approximate surface area is 130 Å². The van der Waals surface area contributed by atoms with Crippen LogP contribution < -0.4 is 0 Å². The molecule has 0 aliphatic rings. The maximum absolute atomic E-state index is 11.8. The molecule has 106 valence electrons. The Morgan fingerprint density at radius 1 is 1.15 bits per heavy atom. The number of aryl methyl sites for hydroxylation is 1. The molecule has 0 aromatic carbocycles. The molecule has 3 nitrogen and oxygen atoms in total. The fraction of sp³-hybridized carbons (Fsp3) is 0.286. The number of thiophene rings is 2. The second kappa shape index (κ2) is 7.02. The van der Waals surface area contributed by atoms with Crippen LogP contribution in [0.1, 0.15) is 32.3 Å². The van der Waals surface area contributed by atoms with E-state index in [-0.39, 0.29) is 31.2 Å². The Hall–Kier alpha value is -1.17. The number of Topliss-reactive ketones (excluding diaryl/α,β-unsaturated/α-hetero) is 1. The van der Waals surface area contributed by atoms with Crippen LogP contribution in [-0.4, -0.2) is 11.8 Å². The number of hydrogen-bond donors (Lipinski definition) is 0. The van der Waals surface area contributed by atoms with Gasteiger partial charge in [-0.25, -0.2) is 0 Å². The van der Waals surface area contributed by atoms with Crippen molar-refractivity contribution in [2.45, 2.75) is 26.4 Å². The highest BCUT2D eigenvalue weighted by Crippen LogP contribution is 2.22. The van der Waals surface area contributed by atoms with Crippen molar-refractivity contribution in [1.29, 1.82) is 0 Å². The lowest BCUT2D eigenvalue weighted by molar-refractivity contribution is -0.144. The molecule has 0 saturated heterocycles. The number of carbonyl (C=O) groups excluding carboxylic acids is 2. The van der Waals surface area contributed by atoms with E-state index in [0.29, 0.717) is 9.21 Å². The number of halogens is 1. The van der Waals surface area contributed by atoms with Gasteiger partial charge in [0.25, 0.3) is 0 Å². The van der Waals surface area contributed by atoms with Gasteiger partial charge in [0.05, 0.1) is 15.6 Å². The van der Waals surface area contributed by atoms with Crippen molar-refractivity contribution in [3.05, 3.63) is 43.2 Å². The van der Waals surface area contributed by atoms with Crippen LogP contribution >= 0.6 is 34.3 Å². The van der Waals surface area contributed by atoms with Crippen molar-refractivity contribution < 1.29 is 14.3 Å². The molecule has 0 saturated carbocycles. The largest absolute Gasteiger partial charge is 0.460 e. The van der Waals surface area contributed by atoms with E-state index in [1.807, 2.05) is 19.1 Å². The summed E-state index contributed by atoms with van der Waals surface area (Å²) in [7, 11) is 0. The Morgan fingerprint density at radius 2 is 1.95 bits per heavy atom. The molecule has 0 aliphatic carbocycles. The number of carbonyl (C=O) groups is 2. The van der Waals surface area contributed by atoms with Gasteiger partial charge in [-0.15, -0.1) is 22.7 Å². The van der Waals surface area contributed by atoms with Crippen LogP contribution in [0.2, 0.25) is 4.34 Å². The predicted molar refractivity (Wildman–Crippen MR) is 81.7 cm³/mol. The number of hydrogen-bond acceptors (Lipinski definition) is 5. The third-order valence-electron chi connectivity index (χ3n) is 2.58. The first kappa shape index (κ1) is 15.2. The minimum absolute atomic E-state index is 0.0146. The molecule has 0 amide bonds. The number of ether oxygens (including phenoxy) is 1. The Morgan fingerprint density at radius 3 is 2.55 bits per heavy atom. The zero-order chi connectivity index (χ0) is 14.5. The minimum atomic E-state index is -0.365. The fourth-order valence-electron chi connectivity index (χ4n) is 1.58. The fourth-order valence-corrected chi connectivity index (χ4v) is 3.41. The van der Waals surface area contributed by atoms with E-state index in [9.17, 15) is 9.59 Å². The molecule has 0 aliphatic heterocycles. The first-order chi connectivity index (χ1) is 9.54. The molecule has 0 spiro atoms.